The van der Waals surface area contributed by atoms with Crippen LogP contribution in [0, 0.1) is 0 Å². The molecule has 0 unspecified atom stereocenters. The molecule has 0 aliphatic rings. The molecule has 5 heteroatoms. The zero-order valence-electron chi connectivity index (χ0n) is 21.9. The summed E-state index contributed by atoms with van der Waals surface area (Å²) in [7, 11) is 0. The van der Waals surface area contributed by atoms with E-state index in [1.54, 1.807) is 0 Å². The number of carbonyl (C=O) groups excluding carboxylic acids is 2. The molecule has 196 valence electrons. The number of hydrogen-bond donors (Lipinski definition) is 1. The number of aliphatic hydroxyl groups excluding tert-OH is 1. The fourth-order valence-corrected chi connectivity index (χ4v) is 3.96. The van der Waals surface area contributed by atoms with Crippen LogP contribution in [0.1, 0.15) is 149 Å². The summed E-state index contributed by atoms with van der Waals surface area (Å²) >= 11 is 0. The van der Waals surface area contributed by atoms with Gasteiger partial charge in [0, 0.05) is 12.8 Å². The van der Waals surface area contributed by atoms with Crippen molar-refractivity contribution in [2.24, 2.45) is 0 Å². The van der Waals surface area contributed by atoms with Gasteiger partial charge in [-0.1, -0.05) is 123 Å². The van der Waals surface area contributed by atoms with Crippen molar-refractivity contribution in [2.45, 2.75) is 155 Å². The van der Waals surface area contributed by atoms with E-state index in [4.69, 9.17) is 9.47 Å². The molecule has 0 saturated carbocycles. The molecule has 1 atom stereocenters. The van der Waals surface area contributed by atoms with E-state index >= 15 is 0 Å². The summed E-state index contributed by atoms with van der Waals surface area (Å²) in [5.74, 6) is -0.593. The molecule has 0 fully saturated rings. The Kier molecular flexibility index (Phi) is 24.7. The first-order chi connectivity index (χ1) is 16.1. The zero-order chi connectivity index (χ0) is 24.4. The summed E-state index contributed by atoms with van der Waals surface area (Å²) in [6.45, 7) is 4.08. The standard InChI is InChI=1S/C28H54O5/c1-3-5-7-9-11-13-14-15-17-19-21-23-28(31)33-26(24-29)25-32-27(30)22-20-18-16-12-10-8-6-4-2/h26,29H,3-25H2,1-2H3/t26-/m0/s1. The molecule has 0 aliphatic heterocycles. The van der Waals surface area contributed by atoms with E-state index in [-0.39, 0.29) is 25.2 Å². The van der Waals surface area contributed by atoms with Crippen molar-refractivity contribution in [3.05, 3.63) is 0 Å². The van der Waals surface area contributed by atoms with Crippen LogP contribution in [0.25, 0.3) is 0 Å². The van der Waals surface area contributed by atoms with Crippen LogP contribution in [0.5, 0.6) is 0 Å². The van der Waals surface area contributed by atoms with Crippen LogP contribution in [0.2, 0.25) is 0 Å². The third-order valence-electron chi connectivity index (χ3n) is 6.15. The SMILES string of the molecule is CCCCCCCCCCCCCC(=O)O[C@@H](CO)COC(=O)CCCCCCCCCC. The van der Waals surface area contributed by atoms with Gasteiger partial charge in [-0.15, -0.1) is 0 Å². The lowest BCUT2D eigenvalue weighted by molar-refractivity contribution is -0.161. The van der Waals surface area contributed by atoms with Gasteiger partial charge in [0.25, 0.3) is 0 Å². The van der Waals surface area contributed by atoms with Gasteiger partial charge in [0.05, 0.1) is 6.61 Å². The maximum Gasteiger partial charge on any atom is 0.306 e. The highest BCUT2D eigenvalue weighted by Gasteiger charge is 2.16. The molecule has 0 bridgehead atoms. The first-order valence-electron chi connectivity index (χ1n) is 14.1. The molecule has 1 N–H and O–H groups in total. The van der Waals surface area contributed by atoms with Crippen LogP contribution in [0.15, 0.2) is 0 Å². The quantitative estimate of drug-likeness (QED) is 0.109. The smallest absolute Gasteiger partial charge is 0.306 e. The Morgan fingerprint density at radius 2 is 0.939 bits per heavy atom. The molecular formula is C28H54O5. The number of hydrogen-bond acceptors (Lipinski definition) is 5. The van der Waals surface area contributed by atoms with Crippen molar-refractivity contribution >= 4 is 11.9 Å². The van der Waals surface area contributed by atoms with E-state index in [9.17, 15) is 14.7 Å². The predicted octanol–water partition coefficient (Wildman–Crippen LogP) is 7.67. The van der Waals surface area contributed by atoms with Crippen LogP contribution in [0.3, 0.4) is 0 Å². The van der Waals surface area contributed by atoms with Gasteiger partial charge in [-0.3, -0.25) is 9.59 Å². The average Bonchev–Trinajstić information content (AvgIpc) is 2.81. The highest BCUT2D eigenvalue weighted by Crippen LogP contribution is 2.13. The maximum atomic E-state index is 12.0. The van der Waals surface area contributed by atoms with E-state index in [2.05, 4.69) is 13.8 Å². The minimum atomic E-state index is -0.757. The molecule has 33 heavy (non-hydrogen) atoms. The van der Waals surface area contributed by atoms with Crippen LogP contribution in [-0.2, 0) is 19.1 Å². The molecule has 0 aromatic rings. The Morgan fingerprint density at radius 1 is 0.576 bits per heavy atom. The third kappa shape index (κ3) is 23.8. The monoisotopic (exact) mass is 470 g/mol. The molecule has 0 rings (SSSR count). The molecule has 0 amide bonds. The molecule has 0 radical (unpaired) electrons. The number of unbranched alkanes of at least 4 members (excludes halogenated alkanes) is 17. The summed E-state index contributed by atoms with van der Waals surface area (Å²) in [6, 6.07) is 0. The minimum Gasteiger partial charge on any atom is -0.462 e. The van der Waals surface area contributed by atoms with Crippen molar-refractivity contribution in [1.29, 1.82) is 0 Å². The summed E-state index contributed by atoms with van der Waals surface area (Å²) in [5.41, 5.74) is 0. The van der Waals surface area contributed by atoms with Crippen molar-refractivity contribution in [1.82, 2.24) is 0 Å². The van der Waals surface area contributed by atoms with E-state index < -0.39 is 6.10 Å². The van der Waals surface area contributed by atoms with Crippen LogP contribution < -0.4 is 0 Å². The second-order valence-electron chi connectivity index (χ2n) is 9.49. The molecule has 0 heterocycles. The van der Waals surface area contributed by atoms with Crippen molar-refractivity contribution in [3.63, 3.8) is 0 Å². The van der Waals surface area contributed by atoms with Gasteiger partial charge < -0.3 is 14.6 Å². The highest BCUT2D eigenvalue weighted by atomic mass is 16.6. The first-order valence-corrected chi connectivity index (χ1v) is 14.1. The summed E-state index contributed by atoms with van der Waals surface area (Å²) in [4.78, 5) is 23.8. The molecule has 5 nitrogen and oxygen atoms in total. The van der Waals surface area contributed by atoms with Crippen LogP contribution in [-0.4, -0.2) is 36.4 Å². The molecule has 0 spiro atoms. The summed E-state index contributed by atoms with van der Waals surface area (Å²) in [5, 5.41) is 9.41. The predicted molar refractivity (Wildman–Crippen MR) is 136 cm³/mol. The Bertz CT molecular complexity index is 438. The lowest BCUT2D eigenvalue weighted by Crippen LogP contribution is -2.28. The molecule has 0 aromatic carbocycles. The van der Waals surface area contributed by atoms with E-state index in [1.807, 2.05) is 0 Å². The fraction of sp³-hybridized carbons (Fsp3) is 0.929. The Labute approximate surface area is 204 Å². The lowest BCUT2D eigenvalue weighted by atomic mass is 10.1. The Morgan fingerprint density at radius 3 is 1.33 bits per heavy atom. The number of esters is 2. The average molecular weight is 471 g/mol. The number of rotatable bonds is 25. The van der Waals surface area contributed by atoms with Gasteiger partial charge in [-0.25, -0.2) is 0 Å². The van der Waals surface area contributed by atoms with E-state index in [1.165, 1.54) is 83.5 Å². The topological polar surface area (TPSA) is 72.8 Å². The van der Waals surface area contributed by atoms with Crippen molar-refractivity contribution < 1.29 is 24.2 Å². The van der Waals surface area contributed by atoms with Gasteiger partial charge in [-0.2, -0.15) is 0 Å². The summed E-state index contributed by atoms with van der Waals surface area (Å²) < 4.78 is 10.5. The zero-order valence-corrected chi connectivity index (χ0v) is 21.9. The van der Waals surface area contributed by atoms with E-state index in [0.717, 1.165) is 38.5 Å². The van der Waals surface area contributed by atoms with E-state index in [0.29, 0.717) is 12.8 Å². The fourth-order valence-electron chi connectivity index (χ4n) is 3.96. The minimum absolute atomic E-state index is 0.0592. The molecular weight excluding hydrogens is 416 g/mol. The normalized spacial score (nSPS) is 12.0. The van der Waals surface area contributed by atoms with Gasteiger partial charge in [-0.05, 0) is 12.8 Å². The van der Waals surface area contributed by atoms with Gasteiger partial charge >= 0.3 is 11.9 Å². The van der Waals surface area contributed by atoms with Crippen LogP contribution in [0.4, 0.5) is 0 Å². The maximum absolute atomic E-state index is 12.0. The Balaban J connectivity index is 3.59. The number of carbonyl (C=O) groups is 2. The Hall–Kier alpha value is -1.10. The largest absolute Gasteiger partial charge is 0.462 e. The lowest BCUT2D eigenvalue weighted by Gasteiger charge is -2.15. The number of aliphatic hydroxyl groups is 1. The third-order valence-corrected chi connectivity index (χ3v) is 6.15. The van der Waals surface area contributed by atoms with Crippen molar-refractivity contribution in [3.8, 4) is 0 Å². The molecule has 0 aliphatic carbocycles. The number of ether oxygens (including phenoxy) is 2. The van der Waals surface area contributed by atoms with Crippen LogP contribution >= 0.6 is 0 Å². The van der Waals surface area contributed by atoms with Gasteiger partial charge in [0.1, 0.15) is 6.61 Å². The molecule has 0 aromatic heterocycles. The van der Waals surface area contributed by atoms with Gasteiger partial charge in [0.2, 0.25) is 0 Å². The second-order valence-corrected chi connectivity index (χ2v) is 9.49. The summed E-state index contributed by atoms with van der Waals surface area (Å²) in [6.07, 6.45) is 23.0. The molecule has 0 saturated heterocycles. The van der Waals surface area contributed by atoms with Crippen molar-refractivity contribution in [2.75, 3.05) is 13.2 Å². The second kappa shape index (κ2) is 25.5. The first kappa shape index (κ1) is 31.9. The highest BCUT2D eigenvalue weighted by molar-refractivity contribution is 5.70. The van der Waals surface area contributed by atoms with Gasteiger partial charge in [0.15, 0.2) is 6.10 Å².